The largest absolute Gasteiger partial charge is 0.462 e. The summed E-state index contributed by atoms with van der Waals surface area (Å²) in [5, 5.41) is 3.97. The first-order chi connectivity index (χ1) is 28.9. The molecule has 3 aliphatic heterocycles. The highest BCUT2D eigenvalue weighted by Crippen LogP contribution is 2.57. The van der Waals surface area contributed by atoms with E-state index in [1.807, 2.05) is 19.9 Å². The Bertz CT molecular complexity index is 1590. The van der Waals surface area contributed by atoms with Gasteiger partial charge in [-0.2, -0.15) is 0 Å². The van der Waals surface area contributed by atoms with Crippen molar-refractivity contribution in [2.75, 3.05) is 35.4 Å². The molecule has 12 heteroatoms. The lowest BCUT2D eigenvalue weighted by molar-refractivity contribution is -0.314. The Morgan fingerprint density at radius 3 is 2.27 bits per heavy atom. The van der Waals surface area contributed by atoms with Crippen LogP contribution < -0.4 is 5.32 Å². The van der Waals surface area contributed by atoms with E-state index in [0.29, 0.717) is 24.9 Å². The highest BCUT2D eigenvalue weighted by Gasteiger charge is 2.56. The normalized spacial score (nSPS) is 42.7. The number of carbonyl (C=O) groups excluding carboxylic acids is 2. The van der Waals surface area contributed by atoms with Crippen molar-refractivity contribution >= 4 is 11.8 Å². The van der Waals surface area contributed by atoms with Gasteiger partial charge in [0.1, 0.15) is 24.4 Å². The second-order valence-electron chi connectivity index (χ2n) is 18.9. The maximum absolute atomic E-state index is 15.1. The number of cyclic esters (lactones) is 1. The van der Waals surface area contributed by atoms with Crippen LogP contribution in [0.1, 0.15) is 97.5 Å². The van der Waals surface area contributed by atoms with Gasteiger partial charge < -0.3 is 48.1 Å². The average Bonchev–Trinajstić information content (AvgIpc) is 3.82. The molecule has 1 aromatic rings. The Hall–Kier alpha value is -2.26. The lowest BCUT2D eigenvalue weighted by Crippen LogP contribution is -2.59. The Morgan fingerprint density at radius 1 is 0.833 bits per heavy atom. The Labute approximate surface area is 359 Å². The predicted octanol–water partition coefficient (Wildman–Crippen LogP) is 6.48. The van der Waals surface area contributed by atoms with Crippen molar-refractivity contribution in [2.45, 2.75) is 172 Å². The molecular weight excluding hydrogens is 765 g/mol. The minimum absolute atomic E-state index is 0.0227. The van der Waals surface area contributed by atoms with Crippen molar-refractivity contribution in [3.8, 4) is 0 Å². The number of rotatable bonds is 12. The van der Waals surface area contributed by atoms with Crippen LogP contribution in [0.15, 0.2) is 42.0 Å². The minimum atomic E-state index is -0.614. The third kappa shape index (κ3) is 9.92. The van der Waals surface area contributed by atoms with Gasteiger partial charge in [-0.3, -0.25) is 9.59 Å². The van der Waals surface area contributed by atoms with Crippen molar-refractivity contribution in [1.82, 2.24) is 10.2 Å². The lowest BCUT2D eigenvalue weighted by Gasteiger charge is -2.44. The monoisotopic (exact) mass is 839 g/mol. The molecule has 12 nitrogen and oxygen atoms in total. The van der Waals surface area contributed by atoms with Crippen molar-refractivity contribution in [3.05, 3.63) is 47.5 Å². The van der Waals surface area contributed by atoms with E-state index in [0.717, 1.165) is 56.9 Å². The summed E-state index contributed by atoms with van der Waals surface area (Å²) < 4.78 is 50.4. The molecule has 6 aliphatic rings. The second-order valence-corrected chi connectivity index (χ2v) is 18.9. The highest BCUT2D eigenvalue weighted by atomic mass is 16.7. The van der Waals surface area contributed by atoms with Gasteiger partial charge in [-0.25, -0.2) is 0 Å². The van der Waals surface area contributed by atoms with E-state index < -0.39 is 18.3 Å². The Morgan fingerprint density at radius 2 is 1.58 bits per heavy atom. The van der Waals surface area contributed by atoms with E-state index in [1.165, 1.54) is 5.56 Å². The van der Waals surface area contributed by atoms with Crippen LogP contribution in [0.4, 0.5) is 0 Å². The summed E-state index contributed by atoms with van der Waals surface area (Å²) in [6, 6.07) is 10.9. The smallest absolute Gasteiger partial charge is 0.306 e. The summed E-state index contributed by atoms with van der Waals surface area (Å²) in [4.78, 5) is 31.3. The van der Waals surface area contributed by atoms with E-state index in [9.17, 15) is 4.79 Å². The van der Waals surface area contributed by atoms with Crippen LogP contribution in [0.25, 0.3) is 0 Å². The molecule has 3 aliphatic carbocycles. The quantitative estimate of drug-likeness (QED) is 0.232. The molecule has 60 heavy (non-hydrogen) atoms. The number of Topliss-reactive ketones (excluding diaryl/α,β-unsaturated/α-hetero) is 1. The number of benzene rings is 1. The molecule has 5 unspecified atom stereocenters. The minimum Gasteiger partial charge on any atom is -0.462 e. The maximum atomic E-state index is 15.1. The van der Waals surface area contributed by atoms with E-state index in [4.69, 9.17) is 37.9 Å². The number of methoxy groups -OCH3 is 3. The van der Waals surface area contributed by atoms with E-state index >= 15 is 4.79 Å². The zero-order valence-electron chi connectivity index (χ0n) is 37.7. The number of fused-ring (bicyclic) bond motifs is 5. The van der Waals surface area contributed by atoms with Crippen LogP contribution in [-0.4, -0.2) is 126 Å². The molecular formula is C48H74N2O10. The highest BCUT2D eigenvalue weighted by molar-refractivity contribution is 5.99. The summed E-state index contributed by atoms with van der Waals surface area (Å²) in [5.74, 6) is -0.0409. The van der Waals surface area contributed by atoms with E-state index in [1.54, 1.807) is 21.3 Å². The van der Waals surface area contributed by atoms with Crippen molar-refractivity contribution in [3.63, 3.8) is 0 Å². The zero-order valence-corrected chi connectivity index (χ0v) is 37.7. The fourth-order valence-electron chi connectivity index (χ4n) is 12.1. The van der Waals surface area contributed by atoms with Crippen molar-refractivity contribution in [1.29, 1.82) is 0 Å². The molecule has 336 valence electrons. The molecule has 0 aromatic heterocycles. The van der Waals surface area contributed by atoms with E-state index in [2.05, 4.69) is 68.5 Å². The maximum Gasteiger partial charge on any atom is 0.306 e. The van der Waals surface area contributed by atoms with Crippen molar-refractivity contribution < 1.29 is 47.5 Å². The third-order valence-corrected chi connectivity index (χ3v) is 15.2. The summed E-state index contributed by atoms with van der Waals surface area (Å²) in [7, 11) is 9.20. The van der Waals surface area contributed by atoms with Gasteiger partial charge in [-0.05, 0) is 121 Å². The van der Waals surface area contributed by atoms with Crippen LogP contribution in [0, 0.1) is 35.5 Å². The van der Waals surface area contributed by atoms with Gasteiger partial charge in [-0.15, -0.1) is 0 Å². The molecule has 0 spiro atoms. The molecule has 18 atom stereocenters. The molecule has 0 bridgehead atoms. The number of hydrogen-bond acceptors (Lipinski definition) is 12. The van der Waals surface area contributed by atoms with Gasteiger partial charge >= 0.3 is 5.97 Å². The van der Waals surface area contributed by atoms with Gasteiger partial charge in [0.05, 0.1) is 30.8 Å². The number of hydrogen-bond donors (Lipinski definition) is 1. The number of nitrogens with zero attached hydrogens (tertiary/aromatic N) is 1. The first-order valence-electron chi connectivity index (χ1n) is 23.0. The molecule has 0 amide bonds. The third-order valence-electron chi connectivity index (χ3n) is 15.2. The SMILES string of the molecule is CC[C@H]1CCC[C@H](O[C@H]2CC[C@H](N(C)C)C(C)O2)[C@@H](C)C(=O)C2=C[C@H]3[C@@H]4C[C@H](O[C@@H]5OC(C)[C@H](OC)C(OC)C5OC)C[C@H]4CC(NCc4ccccc4)[C@H]3[C@@H]2CC(=O)O1. The number of allylic oxidation sites excluding steroid dienone is 2. The summed E-state index contributed by atoms with van der Waals surface area (Å²) in [6.07, 6.45) is 6.97. The summed E-state index contributed by atoms with van der Waals surface area (Å²) in [5.41, 5.74) is 1.98. The summed E-state index contributed by atoms with van der Waals surface area (Å²) >= 11 is 0. The number of carbonyl (C=O) groups is 2. The number of ether oxygens (including phenoxy) is 8. The molecule has 5 fully saturated rings. The van der Waals surface area contributed by atoms with Crippen LogP contribution in [0.3, 0.4) is 0 Å². The zero-order chi connectivity index (χ0) is 42.7. The van der Waals surface area contributed by atoms with Crippen LogP contribution in [-0.2, 0) is 54.0 Å². The van der Waals surface area contributed by atoms with Gasteiger partial charge in [0, 0.05) is 51.8 Å². The van der Waals surface area contributed by atoms with Gasteiger partial charge in [-0.1, -0.05) is 50.3 Å². The first kappa shape index (κ1) is 45.8. The number of ketones is 1. The van der Waals surface area contributed by atoms with Crippen LogP contribution in [0.2, 0.25) is 0 Å². The molecule has 1 N–H and O–H groups in total. The van der Waals surface area contributed by atoms with Gasteiger partial charge in [0.25, 0.3) is 0 Å². The Balaban J connectivity index is 1.17. The standard InChI is InChI=1S/C48H74N2O10/c1-10-32-17-14-18-40(60-42-20-19-39(50(5)6)28(3)56-42)27(2)44(52)37-24-35-34-23-33(59-48-47(55-9)46(54-8)45(53-7)29(4)57-48)21-31(34)22-38(43(35)36(37)25-41(51)58-32)49-26-30-15-12-11-13-16-30/h11-13,15-16,24,27-29,31-36,38-40,42-43,45-49H,10,14,17-23,25-26H2,1-9H3/t27-,28?,29?,31+,32+,33-,34-,35+,36-,38?,39+,40+,42+,43-,45+,46?,47?,48+/m1/s1. The fourth-order valence-corrected chi connectivity index (χ4v) is 12.1. The fraction of sp³-hybridized carbons (Fsp3) is 0.792. The second kappa shape index (κ2) is 20.5. The Kier molecular flexibility index (Phi) is 15.6. The van der Waals surface area contributed by atoms with Crippen LogP contribution >= 0.6 is 0 Å². The molecule has 7 rings (SSSR count). The molecule has 1 aromatic carbocycles. The summed E-state index contributed by atoms with van der Waals surface area (Å²) in [6.45, 7) is 8.93. The topological polar surface area (TPSA) is 123 Å². The molecule has 0 radical (unpaired) electrons. The van der Waals surface area contributed by atoms with Gasteiger partial charge in [0.15, 0.2) is 18.4 Å². The van der Waals surface area contributed by atoms with Crippen molar-refractivity contribution in [2.24, 2.45) is 35.5 Å². The number of nitrogens with one attached hydrogen (secondary N) is 1. The van der Waals surface area contributed by atoms with Gasteiger partial charge in [0.2, 0.25) is 0 Å². The molecule has 3 heterocycles. The molecule has 3 saturated heterocycles. The lowest BCUT2D eigenvalue weighted by atomic mass is 9.63. The molecule has 2 saturated carbocycles. The van der Waals surface area contributed by atoms with Crippen LogP contribution in [0.5, 0.6) is 0 Å². The number of likely N-dealkylation sites (N-methyl/N-ethyl adjacent to an activating group) is 1. The first-order valence-corrected chi connectivity index (χ1v) is 23.0. The van der Waals surface area contributed by atoms with E-state index in [-0.39, 0.29) is 96.9 Å². The average molecular weight is 839 g/mol. The number of esters is 1. The predicted molar refractivity (Wildman–Crippen MR) is 227 cm³/mol.